The number of non-ortho nitro benzene ring substituents is 1. The first-order chi connectivity index (χ1) is 29.3. The fourth-order valence-corrected chi connectivity index (χ4v) is 6.01. The van der Waals surface area contributed by atoms with Gasteiger partial charge in [-0.25, -0.2) is 14.6 Å². The van der Waals surface area contributed by atoms with Gasteiger partial charge in [0.05, 0.1) is 4.92 Å². The summed E-state index contributed by atoms with van der Waals surface area (Å²) in [5.41, 5.74) is 1.24. The molecule has 16 heteroatoms. The summed E-state index contributed by atoms with van der Waals surface area (Å²) in [7, 11) is 0. The molecule has 0 aliphatic carbocycles. The van der Waals surface area contributed by atoms with Gasteiger partial charge in [-0.3, -0.25) is 24.5 Å². The summed E-state index contributed by atoms with van der Waals surface area (Å²) in [4.78, 5) is 81.5. The largest absolute Gasteiger partial charge is 0.460 e. The summed E-state index contributed by atoms with van der Waals surface area (Å²) in [6.07, 6.45) is -0.0598. The van der Waals surface area contributed by atoms with Crippen LogP contribution in [0.5, 0.6) is 0 Å². The van der Waals surface area contributed by atoms with E-state index >= 15 is 0 Å². The van der Waals surface area contributed by atoms with Gasteiger partial charge in [0, 0.05) is 42.4 Å². The van der Waals surface area contributed by atoms with E-state index in [2.05, 4.69) is 20.9 Å². The third-order valence-electron chi connectivity index (χ3n) is 8.89. The average Bonchev–Trinajstić information content (AvgIpc) is 3.22. The number of amides is 4. The Hall–Kier alpha value is -7.36. The van der Waals surface area contributed by atoms with E-state index < -0.39 is 46.2 Å². The first kappa shape index (κ1) is 45.7. The summed E-state index contributed by atoms with van der Waals surface area (Å²) in [5.74, 6) is -1.35. The number of carbonyl (C=O) groups excluding carboxylic acids is 5. The van der Waals surface area contributed by atoms with Gasteiger partial charge >= 0.3 is 18.2 Å². The van der Waals surface area contributed by atoms with Crippen molar-refractivity contribution in [2.24, 2.45) is 0 Å². The van der Waals surface area contributed by atoms with Crippen LogP contribution in [-0.2, 0) is 48.2 Å². The number of esters is 1. The Morgan fingerprint density at radius 1 is 0.758 bits per heavy atom. The molecule has 0 aliphatic rings. The van der Waals surface area contributed by atoms with Crippen molar-refractivity contribution in [1.82, 2.24) is 15.6 Å². The molecule has 4 amide bonds. The second-order valence-corrected chi connectivity index (χ2v) is 16.3. The minimum atomic E-state index is -0.980. The molecule has 1 unspecified atom stereocenters. The molecule has 1 aromatic heterocycles. The molecule has 1 heterocycles. The lowest BCUT2D eigenvalue weighted by atomic mass is 10.0. The number of hydrogen-bond donors (Lipinski definition) is 3. The van der Waals surface area contributed by atoms with E-state index in [1.807, 2.05) is 30.3 Å². The van der Waals surface area contributed by atoms with Gasteiger partial charge in [-0.2, -0.15) is 4.90 Å². The normalized spacial score (nSPS) is 11.8. The lowest BCUT2D eigenvalue weighted by Crippen LogP contribution is -2.44. The Balaban J connectivity index is 1.34. The first-order valence-corrected chi connectivity index (χ1v) is 19.8. The maximum atomic E-state index is 14.0. The highest BCUT2D eigenvalue weighted by Gasteiger charge is 2.34. The highest BCUT2D eigenvalue weighted by atomic mass is 16.6. The van der Waals surface area contributed by atoms with Crippen molar-refractivity contribution < 1.29 is 43.1 Å². The van der Waals surface area contributed by atoms with Gasteiger partial charge in [0.15, 0.2) is 5.82 Å². The van der Waals surface area contributed by atoms with Gasteiger partial charge in [-0.05, 0) is 99.9 Å². The third-order valence-corrected chi connectivity index (χ3v) is 8.89. The number of fused-ring (bicyclic) bond motifs is 1. The summed E-state index contributed by atoms with van der Waals surface area (Å²) < 4.78 is 16.3. The number of imide groups is 1. The van der Waals surface area contributed by atoms with Gasteiger partial charge in [0.25, 0.3) is 5.69 Å². The Kier molecular flexibility index (Phi) is 14.9. The second-order valence-electron chi connectivity index (χ2n) is 16.3. The number of aromatic nitrogens is 1. The molecule has 0 bridgehead atoms. The lowest BCUT2D eigenvalue weighted by molar-refractivity contribution is -0.384. The van der Waals surface area contributed by atoms with Gasteiger partial charge in [-0.15, -0.1) is 0 Å². The van der Waals surface area contributed by atoms with Crippen LogP contribution in [0.4, 0.5) is 26.8 Å². The fourth-order valence-electron chi connectivity index (χ4n) is 6.01. The molecular weight excluding hydrogens is 797 g/mol. The minimum Gasteiger partial charge on any atom is -0.460 e. The monoisotopic (exact) mass is 846 g/mol. The Labute approximate surface area is 359 Å². The van der Waals surface area contributed by atoms with Crippen LogP contribution in [0.1, 0.15) is 76.3 Å². The van der Waals surface area contributed by atoms with Gasteiger partial charge in [0.2, 0.25) is 11.8 Å². The van der Waals surface area contributed by atoms with Crippen molar-refractivity contribution in [1.29, 1.82) is 0 Å². The van der Waals surface area contributed by atoms with Crippen LogP contribution in [-0.4, -0.2) is 57.6 Å². The number of ether oxygens (including phenoxy) is 3. The standard InChI is InChI=1S/C46H50N6O10/c1-45(2,3)61-43(56)51(44(57)62-46(4,5)6)41-37-21-20-35(26-34(37)23-24-47-41)50-40(42(55)49-27-32-13-10-14-36(25-32)52(58)59)33-18-15-30(16-19-33)17-22-38(53)48-28-39(54)60-29-31-11-8-7-9-12-31/h7-16,18-21,23-26,40,50H,17,22,27-29H2,1-6H3,(H,48,53)(H,49,55). The number of benzene rings is 4. The number of nitro groups is 1. The van der Waals surface area contributed by atoms with Crippen molar-refractivity contribution in [3.63, 3.8) is 0 Å². The molecule has 0 spiro atoms. The van der Waals surface area contributed by atoms with Crippen LogP contribution in [0.3, 0.4) is 0 Å². The number of nitro benzene ring substituents is 1. The lowest BCUT2D eigenvalue weighted by Gasteiger charge is -2.28. The van der Waals surface area contributed by atoms with Crippen LogP contribution in [0.15, 0.2) is 109 Å². The molecule has 0 aliphatic heterocycles. The topological polar surface area (TPSA) is 208 Å². The van der Waals surface area contributed by atoms with Gasteiger partial charge < -0.3 is 30.2 Å². The molecule has 5 rings (SSSR count). The smallest absolute Gasteiger partial charge is 0.425 e. The molecule has 62 heavy (non-hydrogen) atoms. The Bertz CT molecular complexity index is 2380. The predicted octanol–water partition coefficient (Wildman–Crippen LogP) is 8.08. The Morgan fingerprint density at radius 3 is 2.06 bits per heavy atom. The summed E-state index contributed by atoms with van der Waals surface area (Å²) >= 11 is 0. The molecule has 1 atom stereocenters. The number of anilines is 2. The molecule has 16 nitrogen and oxygen atoms in total. The number of nitrogens with zero attached hydrogens (tertiary/aromatic N) is 3. The van der Waals surface area contributed by atoms with E-state index in [0.717, 1.165) is 16.0 Å². The molecule has 0 saturated carbocycles. The summed E-state index contributed by atoms with van der Waals surface area (Å²) in [6, 6.07) is 28.0. The second kappa shape index (κ2) is 20.3. The van der Waals surface area contributed by atoms with Crippen molar-refractivity contribution in [2.75, 3.05) is 16.8 Å². The molecule has 0 fully saturated rings. The number of carbonyl (C=O) groups is 5. The van der Waals surface area contributed by atoms with Crippen molar-refractivity contribution in [3.05, 3.63) is 142 Å². The maximum absolute atomic E-state index is 14.0. The zero-order valence-electron chi connectivity index (χ0n) is 35.4. The quantitative estimate of drug-likeness (QED) is 0.0395. The van der Waals surface area contributed by atoms with Crippen molar-refractivity contribution in [3.8, 4) is 0 Å². The molecule has 3 N–H and O–H groups in total. The molecule has 5 aromatic rings. The molecule has 324 valence electrons. The van der Waals surface area contributed by atoms with Gasteiger partial charge in [-0.1, -0.05) is 66.7 Å². The zero-order chi connectivity index (χ0) is 45.0. The van der Waals surface area contributed by atoms with Crippen LogP contribution in [0.2, 0.25) is 0 Å². The van der Waals surface area contributed by atoms with E-state index in [0.29, 0.717) is 34.0 Å². The van der Waals surface area contributed by atoms with E-state index in [1.54, 1.807) is 96.1 Å². The zero-order valence-corrected chi connectivity index (χ0v) is 35.4. The number of aryl methyl sites for hydroxylation is 1. The highest BCUT2D eigenvalue weighted by Crippen LogP contribution is 2.31. The van der Waals surface area contributed by atoms with E-state index in [1.165, 1.54) is 24.4 Å². The number of pyridine rings is 1. The summed E-state index contributed by atoms with van der Waals surface area (Å²) in [6.45, 7) is 9.88. The van der Waals surface area contributed by atoms with E-state index in [9.17, 15) is 34.1 Å². The highest BCUT2D eigenvalue weighted by molar-refractivity contribution is 6.14. The summed E-state index contributed by atoms with van der Waals surface area (Å²) in [5, 5.41) is 21.1. The van der Waals surface area contributed by atoms with E-state index in [-0.39, 0.29) is 43.5 Å². The average molecular weight is 847 g/mol. The van der Waals surface area contributed by atoms with Crippen LogP contribution < -0.4 is 20.9 Å². The van der Waals surface area contributed by atoms with E-state index in [4.69, 9.17) is 14.2 Å². The molecule has 0 radical (unpaired) electrons. The van der Waals surface area contributed by atoms with Crippen LogP contribution in [0, 0.1) is 10.1 Å². The van der Waals surface area contributed by atoms with Crippen molar-refractivity contribution in [2.45, 2.75) is 84.8 Å². The Morgan fingerprint density at radius 2 is 1.42 bits per heavy atom. The van der Waals surface area contributed by atoms with Crippen LogP contribution >= 0.6 is 0 Å². The number of rotatable bonds is 15. The first-order valence-electron chi connectivity index (χ1n) is 19.8. The molecule has 0 saturated heterocycles. The maximum Gasteiger partial charge on any atom is 0.425 e. The number of nitrogens with one attached hydrogen (secondary N) is 3. The van der Waals surface area contributed by atoms with Crippen molar-refractivity contribution >= 4 is 57.9 Å². The molecule has 4 aromatic carbocycles. The number of hydrogen-bond acceptors (Lipinski definition) is 12. The predicted molar refractivity (Wildman–Crippen MR) is 232 cm³/mol. The van der Waals surface area contributed by atoms with Crippen LogP contribution in [0.25, 0.3) is 10.8 Å². The third kappa shape index (κ3) is 13.6. The fraction of sp³-hybridized carbons (Fsp3) is 0.304. The minimum absolute atomic E-state index is 0.00357. The SMILES string of the molecule is CC(C)(C)OC(=O)N(C(=O)OC(C)(C)C)c1nccc2cc(NC(C(=O)NCc3cccc([N+](=O)[O-])c3)c3ccc(CCC(=O)NCC(=O)OCc4ccccc4)cc3)ccc12. The molecular formula is C46H50N6O10. The van der Waals surface area contributed by atoms with Gasteiger partial charge in [0.1, 0.15) is 30.4 Å².